The smallest absolute Gasteiger partial charge is 0.325 e. The number of nitrogens with zero attached hydrogens (tertiary/aromatic N) is 1. The Labute approximate surface area is 194 Å². The van der Waals surface area contributed by atoms with E-state index in [0.717, 1.165) is 9.87 Å². The van der Waals surface area contributed by atoms with Crippen LogP contribution in [-0.4, -0.2) is 60.8 Å². The van der Waals surface area contributed by atoms with Gasteiger partial charge < -0.3 is 15.2 Å². The molecule has 0 bridgehead atoms. The molecule has 1 saturated heterocycles. The van der Waals surface area contributed by atoms with Crippen LogP contribution >= 0.6 is 11.8 Å². The number of carbonyl (C=O) groups is 2. The highest BCUT2D eigenvalue weighted by atomic mass is 32.2. The second-order valence-corrected chi connectivity index (χ2v) is 10.3. The highest BCUT2D eigenvalue weighted by Gasteiger charge is 2.44. The van der Waals surface area contributed by atoms with Crippen LogP contribution in [-0.2, 0) is 24.3 Å². The number of rotatable bonds is 8. The number of anilines is 1. The zero-order chi connectivity index (χ0) is 24.2. The second-order valence-electron chi connectivity index (χ2n) is 7.35. The minimum Gasteiger partial charge on any atom is -0.454 e. The van der Waals surface area contributed by atoms with E-state index in [1.807, 2.05) is 0 Å². The topological polar surface area (TPSA) is 113 Å². The van der Waals surface area contributed by atoms with Crippen molar-refractivity contribution in [3.05, 3.63) is 54.1 Å². The van der Waals surface area contributed by atoms with Crippen molar-refractivity contribution >= 4 is 39.3 Å². The lowest BCUT2D eigenvalue weighted by Gasteiger charge is -2.22. The van der Waals surface area contributed by atoms with Gasteiger partial charge in [0.25, 0.3) is 11.7 Å². The standard InChI is InChI=1S/C21H22F2N2O6S2/c1-13-2-8-17(9-3-13)33(29,30)25-11-15(26)10-18(25)20(28)31-12-19(27)24-14-4-6-16(7-5-14)32-21(22)23/h2-9,15,18,21,26H,10-12H2,1H3,(H,24,27). The number of amides is 1. The molecule has 0 saturated carbocycles. The number of benzene rings is 2. The van der Waals surface area contributed by atoms with Gasteiger partial charge in [-0.05, 0) is 43.3 Å². The Morgan fingerprint density at radius 2 is 1.82 bits per heavy atom. The molecule has 12 heteroatoms. The van der Waals surface area contributed by atoms with Crippen LogP contribution in [0.4, 0.5) is 14.5 Å². The van der Waals surface area contributed by atoms with Gasteiger partial charge in [0.2, 0.25) is 10.0 Å². The first-order valence-corrected chi connectivity index (χ1v) is 12.2. The molecular formula is C21H22F2N2O6S2. The molecular weight excluding hydrogens is 478 g/mol. The van der Waals surface area contributed by atoms with Crippen LogP contribution in [0.25, 0.3) is 0 Å². The van der Waals surface area contributed by atoms with E-state index in [4.69, 9.17) is 4.74 Å². The van der Waals surface area contributed by atoms with E-state index in [1.165, 1.54) is 36.4 Å². The fourth-order valence-electron chi connectivity index (χ4n) is 3.26. The molecule has 8 nitrogen and oxygen atoms in total. The van der Waals surface area contributed by atoms with Gasteiger partial charge in [0.05, 0.1) is 11.0 Å². The number of β-amino-alcohol motifs (C(OH)–C–C–N with tert-alkyl or cyclic N) is 1. The summed E-state index contributed by atoms with van der Waals surface area (Å²) in [6.07, 6.45) is -1.21. The molecule has 33 heavy (non-hydrogen) atoms. The molecule has 2 atom stereocenters. The zero-order valence-corrected chi connectivity index (χ0v) is 19.1. The maximum Gasteiger partial charge on any atom is 0.325 e. The summed E-state index contributed by atoms with van der Waals surface area (Å²) in [6, 6.07) is 10.5. The molecule has 0 spiro atoms. The van der Waals surface area contributed by atoms with Gasteiger partial charge in [-0.1, -0.05) is 29.5 Å². The molecule has 0 aliphatic carbocycles. The Morgan fingerprint density at radius 1 is 1.18 bits per heavy atom. The zero-order valence-electron chi connectivity index (χ0n) is 17.5. The maximum absolute atomic E-state index is 13.0. The third-order valence-electron chi connectivity index (χ3n) is 4.84. The number of hydrogen-bond acceptors (Lipinski definition) is 7. The lowest BCUT2D eigenvalue weighted by atomic mass is 10.2. The summed E-state index contributed by atoms with van der Waals surface area (Å²) in [5.74, 6) is -4.21. The predicted molar refractivity (Wildman–Crippen MR) is 117 cm³/mol. The largest absolute Gasteiger partial charge is 0.454 e. The molecule has 1 amide bonds. The fraction of sp³-hybridized carbons (Fsp3) is 0.333. The van der Waals surface area contributed by atoms with Crippen molar-refractivity contribution in [2.24, 2.45) is 0 Å². The second kappa shape index (κ2) is 10.6. The van der Waals surface area contributed by atoms with E-state index in [2.05, 4.69) is 5.32 Å². The summed E-state index contributed by atoms with van der Waals surface area (Å²) >= 11 is 0.366. The minimum absolute atomic E-state index is 0.0220. The summed E-state index contributed by atoms with van der Waals surface area (Å²) in [6.45, 7) is 0.848. The molecule has 1 fully saturated rings. The van der Waals surface area contributed by atoms with Gasteiger partial charge in [-0.15, -0.1) is 0 Å². The predicted octanol–water partition coefficient (Wildman–Crippen LogP) is 2.62. The van der Waals surface area contributed by atoms with Crippen LogP contribution in [0.2, 0.25) is 0 Å². The van der Waals surface area contributed by atoms with Gasteiger partial charge in [0, 0.05) is 23.5 Å². The number of carbonyl (C=O) groups excluding carboxylic acids is 2. The number of sulfonamides is 1. The molecule has 2 aromatic rings. The summed E-state index contributed by atoms with van der Waals surface area (Å²) in [7, 11) is -4.07. The number of aliphatic hydroxyl groups excluding tert-OH is 1. The molecule has 1 aliphatic rings. The van der Waals surface area contributed by atoms with Crippen molar-refractivity contribution in [2.45, 2.75) is 41.0 Å². The molecule has 2 aromatic carbocycles. The third kappa shape index (κ3) is 6.50. The highest BCUT2D eigenvalue weighted by Crippen LogP contribution is 2.28. The lowest BCUT2D eigenvalue weighted by Crippen LogP contribution is -2.42. The first-order valence-electron chi connectivity index (χ1n) is 9.84. The van der Waals surface area contributed by atoms with Crippen LogP contribution in [0.15, 0.2) is 58.3 Å². The molecule has 178 valence electrons. The van der Waals surface area contributed by atoms with Crippen LogP contribution in [0.3, 0.4) is 0 Å². The normalized spacial score (nSPS) is 18.9. The number of aryl methyl sites for hydroxylation is 1. The van der Waals surface area contributed by atoms with Gasteiger partial charge >= 0.3 is 5.97 Å². The van der Waals surface area contributed by atoms with E-state index in [0.29, 0.717) is 22.3 Å². The Morgan fingerprint density at radius 3 is 2.42 bits per heavy atom. The summed E-state index contributed by atoms with van der Waals surface area (Å²) in [5, 5.41) is 12.4. The number of thioether (sulfide) groups is 1. The number of alkyl halides is 2. The van der Waals surface area contributed by atoms with Crippen molar-refractivity contribution in [3.63, 3.8) is 0 Å². The Bertz CT molecular complexity index is 1090. The molecule has 2 N–H and O–H groups in total. The Kier molecular flexibility index (Phi) is 8.05. The van der Waals surface area contributed by atoms with E-state index < -0.39 is 46.4 Å². The highest BCUT2D eigenvalue weighted by molar-refractivity contribution is 7.99. The number of hydrogen-bond donors (Lipinski definition) is 2. The quantitative estimate of drug-likeness (QED) is 0.423. The number of esters is 1. The maximum atomic E-state index is 13.0. The summed E-state index contributed by atoms with van der Waals surface area (Å²) in [4.78, 5) is 24.9. The minimum atomic E-state index is -4.07. The first kappa shape index (κ1) is 25.1. The number of aliphatic hydroxyl groups is 1. The molecule has 3 rings (SSSR count). The molecule has 1 aliphatic heterocycles. The monoisotopic (exact) mass is 500 g/mol. The average molecular weight is 501 g/mol. The van der Waals surface area contributed by atoms with Gasteiger partial charge in [-0.3, -0.25) is 9.59 Å². The van der Waals surface area contributed by atoms with Crippen LogP contribution in [0, 0.1) is 6.92 Å². The molecule has 0 aromatic heterocycles. The Balaban J connectivity index is 1.60. The van der Waals surface area contributed by atoms with E-state index in [-0.39, 0.29) is 17.9 Å². The van der Waals surface area contributed by atoms with Crippen LogP contribution in [0.5, 0.6) is 0 Å². The SMILES string of the molecule is Cc1ccc(S(=O)(=O)N2CC(O)CC2C(=O)OCC(=O)Nc2ccc(SC(F)F)cc2)cc1. The summed E-state index contributed by atoms with van der Waals surface area (Å²) in [5.41, 5.74) is 1.18. The number of halogens is 2. The van der Waals surface area contributed by atoms with Crippen molar-refractivity contribution < 1.29 is 36.6 Å². The van der Waals surface area contributed by atoms with Crippen LogP contribution in [0.1, 0.15) is 12.0 Å². The van der Waals surface area contributed by atoms with Crippen LogP contribution < -0.4 is 5.32 Å². The molecule has 2 unspecified atom stereocenters. The number of ether oxygens (including phenoxy) is 1. The van der Waals surface area contributed by atoms with E-state index in [1.54, 1.807) is 19.1 Å². The van der Waals surface area contributed by atoms with Crippen molar-refractivity contribution in [1.29, 1.82) is 0 Å². The number of nitrogens with one attached hydrogen (secondary N) is 1. The average Bonchev–Trinajstić information content (AvgIpc) is 3.16. The van der Waals surface area contributed by atoms with E-state index in [9.17, 15) is 31.9 Å². The fourth-order valence-corrected chi connectivity index (χ4v) is 5.38. The van der Waals surface area contributed by atoms with Crippen molar-refractivity contribution in [1.82, 2.24) is 4.31 Å². The van der Waals surface area contributed by atoms with Gasteiger partial charge in [0.1, 0.15) is 6.04 Å². The van der Waals surface area contributed by atoms with Crippen molar-refractivity contribution in [2.75, 3.05) is 18.5 Å². The van der Waals surface area contributed by atoms with Gasteiger partial charge in [0.15, 0.2) is 6.61 Å². The summed E-state index contributed by atoms with van der Waals surface area (Å²) < 4.78 is 56.5. The lowest BCUT2D eigenvalue weighted by molar-refractivity contribution is -0.150. The van der Waals surface area contributed by atoms with Crippen molar-refractivity contribution in [3.8, 4) is 0 Å². The molecule has 0 radical (unpaired) electrons. The van der Waals surface area contributed by atoms with Gasteiger partial charge in [-0.25, -0.2) is 8.42 Å². The third-order valence-corrected chi connectivity index (χ3v) is 7.45. The van der Waals surface area contributed by atoms with Gasteiger partial charge in [-0.2, -0.15) is 13.1 Å². The van der Waals surface area contributed by atoms with E-state index >= 15 is 0 Å². The molecule has 1 heterocycles. The Hall–Kier alpha value is -2.54. The first-order chi connectivity index (χ1) is 15.6.